The molecule has 3 rings (SSSR count). The van der Waals surface area contributed by atoms with Crippen molar-refractivity contribution in [3.8, 4) is 0 Å². The number of benzene rings is 1. The van der Waals surface area contributed by atoms with Gasteiger partial charge in [0.1, 0.15) is 0 Å². The molecule has 128 valence electrons. The zero-order valence-electron chi connectivity index (χ0n) is 13.9. The minimum absolute atomic E-state index is 0.0298. The van der Waals surface area contributed by atoms with Gasteiger partial charge in [-0.2, -0.15) is 0 Å². The maximum Gasteiger partial charge on any atom is 0.225 e. The zero-order valence-corrected chi connectivity index (χ0v) is 14.7. The number of nitrogens with zero attached hydrogens (tertiary/aromatic N) is 1. The predicted molar refractivity (Wildman–Crippen MR) is 97.3 cm³/mol. The van der Waals surface area contributed by atoms with E-state index >= 15 is 0 Å². The molecule has 5 nitrogen and oxygen atoms in total. The fourth-order valence-electron chi connectivity index (χ4n) is 3.01. The Morgan fingerprint density at radius 1 is 1.25 bits per heavy atom. The van der Waals surface area contributed by atoms with Crippen LogP contribution in [0.15, 0.2) is 18.2 Å². The lowest BCUT2D eigenvalue weighted by Crippen LogP contribution is -2.32. The van der Waals surface area contributed by atoms with Crippen LogP contribution in [0.5, 0.6) is 0 Å². The average molecular weight is 345 g/mol. The summed E-state index contributed by atoms with van der Waals surface area (Å²) >= 11 is 1.47. The molecule has 1 fully saturated rings. The van der Waals surface area contributed by atoms with Crippen molar-refractivity contribution in [1.82, 2.24) is 10.3 Å². The van der Waals surface area contributed by atoms with E-state index in [-0.39, 0.29) is 11.8 Å². The molecule has 2 amide bonds. The van der Waals surface area contributed by atoms with Gasteiger partial charge in [-0.15, -0.1) is 0 Å². The monoisotopic (exact) mass is 345 g/mol. The molecule has 0 unspecified atom stereocenters. The van der Waals surface area contributed by atoms with E-state index in [0.717, 1.165) is 35.0 Å². The van der Waals surface area contributed by atoms with E-state index in [2.05, 4.69) is 21.7 Å². The number of thiazole rings is 1. The predicted octanol–water partition coefficient (Wildman–Crippen LogP) is 3.64. The van der Waals surface area contributed by atoms with Crippen LogP contribution in [0.3, 0.4) is 0 Å². The van der Waals surface area contributed by atoms with E-state index in [1.165, 1.54) is 24.2 Å². The summed E-state index contributed by atoms with van der Waals surface area (Å²) in [4.78, 5) is 27.9. The molecule has 2 aromatic rings. The Hall–Kier alpha value is -1.95. The first-order chi connectivity index (χ1) is 11.6. The molecule has 1 aromatic heterocycles. The number of aromatic nitrogens is 1. The van der Waals surface area contributed by atoms with E-state index in [4.69, 9.17) is 0 Å². The maximum atomic E-state index is 12.0. The Bertz CT molecular complexity index is 735. The molecule has 1 aliphatic rings. The third-order valence-corrected chi connectivity index (χ3v) is 5.31. The number of nitrogens with one attached hydrogen (secondary N) is 2. The molecule has 1 heterocycles. The van der Waals surface area contributed by atoms with Crippen LogP contribution >= 0.6 is 11.3 Å². The molecule has 0 spiro atoms. The molecule has 0 aliphatic heterocycles. The van der Waals surface area contributed by atoms with Gasteiger partial charge in [0.15, 0.2) is 5.13 Å². The van der Waals surface area contributed by atoms with Gasteiger partial charge in [0.25, 0.3) is 0 Å². The number of carbonyl (C=O) groups excluding carboxylic acids is 2. The van der Waals surface area contributed by atoms with Crippen LogP contribution in [-0.4, -0.2) is 22.8 Å². The summed E-state index contributed by atoms with van der Waals surface area (Å²) in [6.45, 7) is 1.82. The number of amides is 2. The van der Waals surface area contributed by atoms with Crippen LogP contribution in [0, 0.1) is 0 Å². The van der Waals surface area contributed by atoms with Gasteiger partial charge in [0, 0.05) is 18.9 Å². The molecule has 24 heavy (non-hydrogen) atoms. The van der Waals surface area contributed by atoms with Crippen molar-refractivity contribution in [2.45, 2.75) is 57.9 Å². The Balaban J connectivity index is 1.58. The second kappa shape index (κ2) is 7.75. The maximum absolute atomic E-state index is 12.0. The fourth-order valence-corrected chi connectivity index (χ4v) is 3.96. The summed E-state index contributed by atoms with van der Waals surface area (Å²) in [6.07, 6.45) is 6.37. The van der Waals surface area contributed by atoms with Crippen LogP contribution in [0.25, 0.3) is 10.2 Å². The highest BCUT2D eigenvalue weighted by Gasteiger charge is 2.16. The molecule has 0 radical (unpaired) electrons. The quantitative estimate of drug-likeness (QED) is 0.840. The zero-order chi connectivity index (χ0) is 16.9. The van der Waals surface area contributed by atoms with Gasteiger partial charge in [-0.1, -0.05) is 37.2 Å². The third kappa shape index (κ3) is 4.32. The lowest BCUT2D eigenvalue weighted by molar-refractivity contribution is -0.121. The topological polar surface area (TPSA) is 71.1 Å². The minimum Gasteiger partial charge on any atom is -0.353 e. The lowest BCUT2D eigenvalue weighted by atomic mass is 10.1. The minimum atomic E-state index is -0.0298. The van der Waals surface area contributed by atoms with Gasteiger partial charge in [0.05, 0.1) is 10.2 Å². The van der Waals surface area contributed by atoms with Crippen molar-refractivity contribution in [1.29, 1.82) is 0 Å². The molecule has 1 aromatic carbocycles. The molecule has 0 bridgehead atoms. The molecule has 0 atom stereocenters. The summed E-state index contributed by atoms with van der Waals surface area (Å²) in [7, 11) is 0. The molecule has 6 heteroatoms. The van der Waals surface area contributed by atoms with Crippen LogP contribution in [0.4, 0.5) is 5.13 Å². The highest BCUT2D eigenvalue weighted by Crippen LogP contribution is 2.27. The Morgan fingerprint density at radius 2 is 2.04 bits per heavy atom. The van der Waals surface area contributed by atoms with Crippen LogP contribution < -0.4 is 10.6 Å². The smallest absolute Gasteiger partial charge is 0.225 e. The van der Waals surface area contributed by atoms with Crippen molar-refractivity contribution in [2.24, 2.45) is 0 Å². The summed E-state index contributed by atoms with van der Waals surface area (Å²) in [5, 5.41) is 6.55. The van der Waals surface area contributed by atoms with Crippen molar-refractivity contribution in [3.63, 3.8) is 0 Å². The summed E-state index contributed by atoms with van der Waals surface area (Å²) in [5.41, 5.74) is 2.01. The third-order valence-electron chi connectivity index (χ3n) is 4.38. The van der Waals surface area contributed by atoms with Crippen molar-refractivity contribution < 1.29 is 9.59 Å². The first-order valence-corrected chi connectivity index (χ1v) is 9.44. The Morgan fingerprint density at radius 3 is 2.79 bits per heavy atom. The van der Waals surface area contributed by atoms with E-state index in [1.807, 2.05) is 19.1 Å². The fraction of sp³-hybridized carbons (Fsp3) is 0.500. The van der Waals surface area contributed by atoms with E-state index in [0.29, 0.717) is 24.0 Å². The summed E-state index contributed by atoms with van der Waals surface area (Å²) in [6, 6.07) is 6.41. The average Bonchev–Trinajstić information content (AvgIpc) is 3.21. The van der Waals surface area contributed by atoms with Crippen molar-refractivity contribution in [2.75, 3.05) is 5.32 Å². The molecule has 0 saturated heterocycles. The lowest BCUT2D eigenvalue weighted by Gasteiger charge is -2.11. The number of rotatable bonds is 6. The number of hydrogen-bond donors (Lipinski definition) is 2. The van der Waals surface area contributed by atoms with Gasteiger partial charge < -0.3 is 10.6 Å². The van der Waals surface area contributed by atoms with Gasteiger partial charge in [0.2, 0.25) is 11.8 Å². The largest absolute Gasteiger partial charge is 0.353 e. The molecule has 1 aliphatic carbocycles. The molecular weight excluding hydrogens is 322 g/mol. The number of fused-ring (bicyclic) bond motifs is 1. The Kier molecular flexibility index (Phi) is 5.45. The van der Waals surface area contributed by atoms with E-state index < -0.39 is 0 Å². The van der Waals surface area contributed by atoms with Crippen LogP contribution in [0.1, 0.15) is 51.0 Å². The Labute approximate surface area is 145 Å². The van der Waals surface area contributed by atoms with Crippen LogP contribution in [0.2, 0.25) is 0 Å². The van der Waals surface area contributed by atoms with Gasteiger partial charge in [-0.25, -0.2) is 4.98 Å². The van der Waals surface area contributed by atoms with Gasteiger partial charge in [-0.05, 0) is 37.0 Å². The highest BCUT2D eigenvalue weighted by atomic mass is 32.1. The number of aryl methyl sites for hydroxylation is 1. The first kappa shape index (κ1) is 16.9. The summed E-state index contributed by atoms with van der Waals surface area (Å²) < 4.78 is 1.04. The van der Waals surface area contributed by atoms with E-state index in [9.17, 15) is 9.59 Å². The molecule has 1 saturated carbocycles. The second-order valence-electron chi connectivity index (χ2n) is 6.27. The first-order valence-electron chi connectivity index (χ1n) is 8.62. The highest BCUT2D eigenvalue weighted by molar-refractivity contribution is 7.22. The standard InChI is InChI=1S/C18H23N3O2S/c1-2-16(22)21-18-20-14-9-7-12(11-15(14)24-18)8-10-17(23)19-13-5-3-4-6-13/h7,9,11,13H,2-6,8,10H2,1H3,(H,19,23)(H,20,21,22). The number of carbonyl (C=O) groups is 2. The number of hydrogen-bond acceptors (Lipinski definition) is 4. The van der Waals surface area contributed by atoms with Gasteiger partial charge >= 0.3 is 0 Å². The molecular formula is C18H23N3O2S. The van der Waals surface area contributed by atoms with Crippen LogP contribution in [-0.2, 0) is 16.0 Å². The summed E-state index contributed by atoms with van der Waals surface area (Å²) in [5.74, 6) is 0.111. The number of anilines is 1. The molecule has 2 N–H and O–H groups in total. The SMILES string of the molecule is CCC(=O)Nc1nc2ccc(CCC(=O)NC3CCCC3)cc2s1. The second-order valence-corrected chi connectivity index (χ2v) is 7.30. The van der Waals surface area contributed by atoms with Crippen molar-refractivity contribution in [3.05, 3.63) is 23.8 Å². The normalized spacial score (nSPS) is 14.9. The van der Waals surface area contributed by atoms with E-state index in [1.54, 1.807) is 0 Å². The van der Waals surface area contributed by atoms with Crippen molar-refractivity contribution >= 4 is 38.5 Å². The van der Waals surface area contributed by atoms with Gasteiger partial charge in [-0.3, -0.25) is 9.59 Å².